The first-order valence-corrected chi connectivity index (χ1v) is 7.62. The maximum absolute atomic E-state index is 12.7. The molecule has 6 nitrogen and oxygen atoms in total. The number of rotatable bonds is 4. The second kappa shape index (κ2) is 5.95. The Bertz CT molecular complexity index is 725. The predicted molar refractivity (Wildman–Crippen MR) is 78.1 cm³/mol. The summed E-state index contributed by atoms with van der Waals surface area (Å²) < 4.78 is 38.0. The summed E-state index contributed by atoms with van der Waals surface area (Å²) in [5, 5.41) is 2.21. The van der Waals surface area contributed by atoms with Gasteiger partial charge in [-0.1, -0.05) is 0 Å². The van der Waals surface area contributed by atoms with Gasteiger partial charge in [-0.25, -0.2) is 0 Å². The van der Waals surface area contributed by atoms with E-state index in [9.17, 15) is 27.6 Å². The topological polar surface area (TPSA) is 82.3 Å². The van der Waals surface area contributed by atoms with E-state index in [4.69, 9.17) is 0 Å². The molecule has 2 N–H and O–H groups in total. The summed E-state index contributed by atoms with van der Waals surface area (Å²) in [6.07, 6.45) is -1.93. The van der Waals surface area contributed by atoms with Crippen LogP contribution in [0.3, 0.4) is 0 Å². The van der Waals surface area contributed by atoms with Crippen LogP contribution in [-0.4, -0.2) is 34.8 Å². The average molecular weight is 343 g/mol. The Hall–Kier alpha value is -2.32. The molecule has 2 fully saturated rings. The first-order chi connectivity index (χ1) is 11.2. The lowest BCUT2D eigenvalue weighted by molar-refractivity contribution is -0.137. The zero-order valence-electron chi connectivity index (χ0n) is 12.7. The molecule has 0 bridgehead atoms. The number of carbonyl (C=O) groups excluding carboxylic acids is 2. The molecule has 1 saturated heterocycles. The van der Waals surface area contributed by atoms with Crippen LogP contribution in [0.2, 0.25) is 0 Å². The van der Waals surface area contributed by atoms with Crippen LogP contribution in [0, 0.1) is 11.8 Å². The highest BCUT2D eigenvalue weighted by Gasteiger charge is 2.37. The molecule has 3 rings (SSSR count). The molecule has 0 radical (unpaired) electrons. The van der Waals surface area contributed by atoms with Crippen molar-refractivity contribution in [3.05, 3.63) is 28.2 Å². The number of carbonyl (C=O) groups is 2. The Labute approximate surface area is 135 Å². The van der Waals surface area contributed by atoms with Gasteiger partial charge in [-0.3, -0.25) is 14.4 Å². The van der Waals surface area contributed by atoms with Gasteiger partial charge >= 0.3 is 6.18 Å². The predicted octanol–water partition coefficient (Wildman–Crippen LogP) is 1.59. The van der Waals surface area contributed by atoms with E-state index in [1.807, 2.05) is 4.98 Å². The zero-order valence-corrected chi connectivity index (χ0v) is 12.7. The molecule has 1 saturated carbocycles. The smallest absolute Gasteiger partial charge is 0.342 e. The van der Waals surface area contributed by atoms with E-state index in [1.165, 1.54) is 0 Å². The van der Waals surface area contributed by atoms with Crippen molar-refractivity contribution < 1.29 is 22.8 Å². The molecule has 0 aromatic carbocycles. The molecule has 24 heavy (non-hydrogen) atoms. The quantitative estimate of drug-likeness (QED) is 0.871. The number of aromatic nitrogens is 1. The third-order valence-corrected chi connectivity index (χ3v) is 4.25. The third kappa shape index (κ3) is 3.60. The van der Waals surface area contributed by atoms with Gasteiger partial charge in [0.2, 0.25) is 11.8 Å². The van der Waals surface area contributed by atoms with Crippen LogP contribution in [0.15, 0.2) is 17.1 Å². The number of likely N-dealkylation sites (tertiary alicyclic amines) is 1. The van der Waals surface area contributed by atoms with Gasteiger partial charge in [-0.2, -0.15) is 13.2 Å². The van der Waals surface area contributed by atoms with Crippen molar-refractivity contribution in [2.75, 3.05) is 18.4 Å². The number of aromatic amines is 1. The van der Waals surface area contributed by atoms with E-state index >= 15 is 0 Å². The van der Waals surface area contributed by atoms with Gasteiger partial charge in [0.15, 0.2) is 0 Å². The molecular weight excluding hydrogens is 327 g/mol. The van der Waals surface area contributed by atoms with Crippen LogP contribution in [0.5, 0.6) is 0 Å². The molecule has 2 aliphatic rings. The number of H-pyrrole nitrogens is 1. The highest BCUT2D eigenvalue weighted by atomic mass is 19.4. The Morgan fingerprint density at radius 1 is 1.33 bits per heavy atom. The Morgan fingerprint density at radius 3 is 2.67 bits per heavy atom. The second-order valence-corrected chi connectivity index (χ2v) is 6.26. The molecule has 0 spiro atoms. The molecule has 1 aromatic heterocycles. The fraction of sp³-hybridized carbons (Fsp3) is 0.533. The lowest BCUT2D eigenvalue weighted by Crippen LogP contribution is -2.31. The monoisotopic (exact) mass is 343 g/mol. The minimum absolute atomic E-state index is 0.00934. The fourth-order valence-corrected chi connectivity index (χ4v) is 2.71. The van der Waals surface area contributed by atoms with E-state index in [0.717, 1.165) is 12.8 Å². The maximum atomic E-state index is 12.7. The Balaban J connectivity index is 1.68. The van der Waals surface area contributed by atoms with E-state index in [2.05, 4.69) is 5.32 Å². The van der Waals surface area contributed by atoms with Gasteiger partial charge in [0, 0.05) is 25.7 Å². The van der Waals surface area contributed by atoms with Crippen molar-refractivity contribution in [2.45, 2.75) is 25.4 Å². The summed E-state index contributed by atoms with van der Waals surface area (Å²) in [7, 11) is 0. The highest BCUT2D eigenvalue weighted by molar-refractivity contribution is 5.97. The van der Waals surface area contributed by atoms with Crippen molar-refractivity contribution in [1.82, 2.24) is 9.88 Å². The number of hydrogen-bond donors (Lipinski definition) is 2. The minimum atomic E-state index is -4.63. The van der Waals surface area contributed by atoms with Gasteiger partial charge < -0.3 is 15.2 Å². The number of nitrogens with zero attached hydrogens (tertiary/aromatic N) is 1. The Morgan fingerprint density at radius 2 is 2.04 bits per heavy atom. The fourth-order valence-electron chi connectivity index (χ4n) is 2.71. The molecule has 1 aromatic rings. The van der Waals surface area contributed by atoms with Gasteiger partial charge in [0.25, 0.3) is 5.56 Å². The molecule has 2 amide bonds. The van der Waals surface area contributed by atoms with Gasteiger partial charge in [-0.05, 0) is 24.8 Å². The summed E-state index contributed by atoms with van der Waals surface area (Å²) in [4.78, 5) is 39.3. The summed E-state index contributed by atoms with van der Waals surface area (Å²) in [5.74, 6) is -0.932. The Kier molecular flexibility index (Phi) is 4.10. The summed E-state index contributed by atoms with van der Waals surface area (Å²) in [6.45, 7) is 0.852. The standard InChI is InChI=1S/C15H16F3N3O3/c16-15(17,18)10-4-11(14(24)19-5-10)20-13(23)9-3-12(22)21(7-9)6-8-1-2-8/h4-5,8-9H,1-3,6-7H2,(H,19,24)(H,20,23). The van der Waals surface area contributed by atoms with E-state index in [0.29, 0.717) is 24.7 Å². The molecule has 9 heteroatoms. The number of nitrogens with one attached hydrogen (secondary N) is 2. The first-order valence-electron chi connectivity index (χ1n) is 7.62. The van der Waals surface area contributed by atoms with Gasteiger partial charge in [-0.15, -0.1) is 0 Å². The normalized spacial score (nSPS) is 21.2. The zero-order chi connectivity index (χ0) is 17.5. The van der Waals surface area contributed by atoms with Crippen molar-refractivity contribution >= 4 is 17.5 Å². The number of pyridine rings is 1. The van der Waals surface area contributed by atoms with Crippen LogP contribution < -0.4 is 10.9 Å². The highest BCUT2D eigenvalue weighted by Crippen LogP contribution is 2.32. The molecule has 1 aliphatic heterocycles. The number of amides is 2. The van der Waals surface area contributed by atoms with E-state index in [1.54, 1.807) is 4.90 Å². The van der Waals surface area contributed by atoms with Crippen LogP contribution >= 0.6 is 0 Å². The third-order valence-electron chi connectivity index (χ3n) is 4.25. The molecular formula is C15H16F3N3O3. The van der Waals surface area contributed by atoms with Crippen molar-refractivity contribution in [2.24, 2.45) is 11.8 Å². The minimum Gasteiger partial charge on any atom is -0.342 e. The van der Waals surface area contributed by atoms with Crippen molar-refractivity contribution in [3.63, 3.8) is 0 Å². The van der Waals surface area contributed by atoms with Gasteiger partial charge in [0.05, 0.1) is 11.5 Å². The molecule has 1 aliphatic carbocycles. The van der Waals surface area contributed by atoms with Crippen LogP contribution in [0.1, 0.15) is 24.8 Å². The van der Waals surface area contributed by atoms with E-state index < -0.39 is 34.8 Å². The molecule has 130 valence electrons. The molecule has 2 heterocycles. The largest absolute Gasteiger partial charge is 0.417 e. The van der Waals surface area contributed by atoms with Crippen LogP contribution in [0.4, 0.5) is 18.9 Å². The van der Waals surface area contributed by atoms with E-state index in [-0.39, 0.29) is 18.9 Å². The summed E-state index contributed by atoms with van der Waals surface area (Å²) in [5.41, 5.74) is -2.35. The maximum Gasteiger partial charge on any atom is 0.417 e. The average Bonchev–Trinajstić information content (AvgIpc) is 3.23. The van der Waals surface area contributed by atoms with Crippen molar-refractivity contribution in [3.8, 4) is 0 Å². The summed E-state index contributed by atoms with van der Waals surface area (Å²) >= 11 is 0. The van der Waals surface area contributed by atoms with Gasteiger partial charge in [0.1, 0.15) is 5.69 Å². The van der Waals surface area contributed by atoms with Crippen molar-refractivity contribution in [1.29, 1.82) is 0 Å². The summed E-state index contributed by atoms with van der Waals surface area (Å²) in [6, 6.07) is 0.593. The lowest BCUT2D eigenvalue weighted by Gasteiger charge is -2.16. The number of hydrogen-bond acceptors (Lipinski definition) is 3. The SMILES string of the molecule is O=C(Nc1cc(C(F)(F)F)c[nH]c1=O)C1CC(=O)N(CC2CC2)C1. The molecule has 1 unspecified atom stereocenters. The second-order valence-electron chi connectivity index (χ2n) is 6.26. The number of halogens is 3. The number of anilines is 1. The molecule has 1 atom stereocenters. The number of alkyl halides is 3. The van der Waals surface area contributed by atoms with Crippen LogP contribution in [0.25, 0.3) is 0 Å². The first kappa shape index (κ1) is 16.5. The van der Waals surface area contributed by atoms with Crippen LogP contribution in [-0.2, 0) is 15.8 Å². The lowest BCUT2D eigenvalue weighted by atomic mass is 10.1.